The SMILES string of the molecule is Cc1cnc(-c2ccc3c(c2)CN(C(=O)c2cc(S(C)(=O)=O)ccc2O[C@@H](C)C(F)(F)F)C3)[nH]1. The van der Waals surface area contributed by atoms with Crippen molar-refractivity contribution in [2.24, 2.45) is 0 Å². The van der Waals surface area contributed by atoms with E-state index in [9.17, 15) is 26.4 Å². The average Bonchev–Trinajstić information content (AvgIpc) is 3.37. The molecule has 1 aromatic heterocycles. The molecule has 0 bridgehead atoms. The summed E-state index contributed by atoms with van der Waals surface area (Å²) < 4.78 is 68.3. The maximum atomic E-state index is 13.4. The summed E-state index contributed by atoms with van der Waals surface area (Å²) in [7, 11) is -3.70. The van der Waals surface area contributed by atoms with E-state index in [0.717, 1.165) is 53.8 Å². The lowest BCUT2D eigenvalue weighted by Gasteiger charge is -2.22. The Morgan fingerprint density at radius 1 is 1.15 bits per heavy atom. The molecule has 3 aromatic rings. The highest BCUT2D eigenvalue weighted by Crippen LogP contribution is 2.33. The molecule has 34 heavy (non-hydrogen) atoms. The summed E-state index contributed by atoms with van der Waals surface area (Å²) in [5.74, 6) is -0.269. The molecule has 180 valence electrons. The fourth-order valence-corrected chi connectivity index (χ4v) is 4.33. The number of carbonyl (C=O) groups excluding carboxylic acids is 1. The monoisotopic (exact) mass is 493 g/mol. The van der Waals surface area contributed by atoms with Crippen LogP contribution in [0.1, 0.15) is 34.1 Å². The van der Waals surface area contributed by atoms with Gasteiger partial charge in [0.15, 0.2) is 15.9 Å². The highest BCUT2D eigenvalue weighted by Gasteiger charge is 2.39. The summed E-state index contributed by atoms with van der Waals surface area (Å²) in [5.41, 5.74) is 3.24. The van der Waals surface area contributed by atoms with Crippen LogP contribution in [0.3, 0.4) is 0 Å². The number of ether oxygens (including phenoxy) is 1. The number of nitrogens with zero attached hydrogens (tertiary/aromatic N) is 2. The van der Waals surface area contributed by atoms with E-state index in [0.29, 0.717) is 5.82 Å². The molecule has 0 saturated heterocycles. The number of rotatable bonds is 5. The molecule has 0 fully saturated rings. The predicted molar refractivity (Wildman–Crippen MR) is 118 cm³/mol. The van der Waals surface area contributed by atoms with Crippen LogP contribution < -0.4 is 4.74 Å². The highest BCUT2D eigenvalue weighted by atomic mass is 32.2. The number of hydrogen-bond donors (Lipinski definition) is 1. The summed E-state index contributed by atoms with van der Waals surface area (Å²) in [6, 6.07) is 8.92. The smallest absolute Gasteiger partial charge is 0.425 e. The van der Waals surface area contributed by atoms with Gasteiger partial charge in [0.25, 0.3) is 5.91 Å². The number of carbonyl (C=O) groups is 1. The molecule has 11 heteroatoms. The summed E-state index contributed by atoms with van der Waals surface area (Å²) in [4.78, 5) is 22.1. The topological polar surface area (TPSA) is 92.4 Å². The average molecular weight is 494 g/mol. The van der Waals surface area contributed by atoms with E-state index in [1.54, 1.807) is 6.20 Å². The maximum Gasteiger partial charge on any atom is 0.425 e. The van der Waals surface area contributed by atoms with Gasteiger partial charge in [0.05, 0.1) is 10.5 Å². The van der Waals surface area contributed by atoms with Gasteiger partial charge in [-0.25, -0.2) is 13.4 Å². The van der Waals surface area contributed by atoms with E-state index in [1.807, 2.05) is 25.1 Å². The van der Waals surface area contributed by atoms with Crippen molar-refractivity contribution in [3.8, 4) is 17.1 Å². The van der Waals surface area contributed by atoms with E-state index < -0.39 is 28.0 Å². The number of aromatic nitrogens is 2. The number of halogens is 3. The Hall–Kier alpha value is -3.34. The van der Waals surface area contributed by atoms with Crippen molar-refractivity contribution in [2.45, 2.75) is 44.1 Å². The lowest BCUT2D eigenvalue weighted by molar-refractivity contribution is -0.189. The van der Waals surface area contributed by atoms with Crippen LogP contribution in [0.4, 0.5) is 13.2 Å². The van der Waals surface area contributed by atoms with Crippen molar-refractivity contribution in [3.63, 3.8) is 0 Å². The number of imidazole rings is 1. The van der Waals surface area contributed by atoms with E-state index in [1.165, 1.54) is 4.90 Å². The lowest BCUT2D eigenvalue weighted by atomic mass is 10.1. The number of nitrogens with one attached hydrogen (secondary N) is 1. The van der Waals surface area contributed by atoms with E-state index >= 15 is 0 Å². The van der Waals surface area contributed by atoms with Gasteiger partial charge in [-0.3, -0.25) is 4.79 Å². The third-order valence-corrected chi connectivity index (χ3v) is 6.68. The highest BCUT2D eigenvalue weighted by molar-refractivity contribution is 7.90. The Balaban J connectivity index is 1.65. The van der Waals surface area contributed by atoms with E-state index in [4.69, 9.17) is 4.74 Å². The number of benzene rings is 2. The number of aryl methyl sites for hydroxylation is 1. The van der Waals surface area contributed by atoms with Gasteiger partial charge in [-0.05, 0) is 49.2 Å². The Bertz CT molecular complexity index is 1370. The molecule has 0 unspecified atom stereocenters. The summed E-state index contributed by atoms with van der Waals surface area (Å²) in [5, 5.41) is 0. The summed E-state index contributed by atoms with van der Waals surface area (Å²) in [6.07, 6.45) is -4.17. The van der Waals surface area contributed by atoms with Crippen molar-refractivity contribution >= 4 is 15.7 Å². The Labute approximate surface area is 194 Å². The predicted octanol–water partition coefficient (Wildman–Crippen LogP) is 4.27. The van der Waals surface area contributed by atoms with Gasteiger partial charge in [0, 0.05) is 36.8 Å². The van der Waals surface area contributed by atoms with E-state index in [2.05, 4.69) is 9.97 Å². The number of amides is 1. The fourth-order valence-electron chi connectivity index (χ4n) is 3.68. The largest absolute Gasteiger partial charge is 0.480 e. The number of hydrogen-bond acceptors (Lipinski definition) is 5. The second-order valence-corrected chi connectivity index (χ2v) is 10.3. The van der Waals surface area contributed by atoms with Crippen molar-refractivity contribution in [3.05, 3.63) is 65.0 Å². The number of H-pyrrole nitrogens is 1. The third-order valence-electron chi connectivity index (χ3n) is 5.57. The second kappa shape index (κ2) is 8.46. The number of alkyl halides is 3. The van der Waals surface area contributed by atoms with Crippen molar-refractivity contribution in [1.29, 1.82) is 0 Å². The zero-order valence-corrected chi connectivity index (χ0v) is 19.4. The molecule has 1 atom stereocenters. The first-order valence-electron chi connectivity index (χ1n) is 10.3. The van der Waals surface area contributed by atoms with Gasteiger partial charge < -0.3 is 14.6 Å². The van der Waals surface area contributed by atoms with Crippen LogP contribution in [0.15, 0.2) is 47.5 Å². The molecule has 4 rings (SSSR count). The molecule has 1 N–H and O–H groups in total. The Morgan fingerprint density at radius 2 is 1.85 bits per heavy atom. The molecule has 2 aromatic carbocycles. The first kappa shape index (κ1) is 23.8. The minimum atomic E-state index is -4.65. The zero-order chi connectivity index (χ0) is 24.8. The quantitative estimate of drug-likeness (QED) is 0.573. The number of sulfone groups is 1. The minimum Gasteiger partial charge on any atom is -0.480 e. The minimum absolute atomic E-state index is 0.185. The lowest BCUT2D eigenvalue weighted by Crippen LogP contribution is -2.32. The summed E-state index contributed by atoms with van der Waals surface area (Å²) >= 11 is 0. The standard InChI is InChI=1S/C23H22F3N3O4S/c1-13-10-27-21(28-13)15-4-5-16-11-29(12-17(16)8-15)22(30)19-9-18(34(3,31)32)6-7-20(19)33-14(2)23(24,25)26/h4-10,14H,11-12H2,1-3H3,(H,27,28)/t14-/m0/s1. The molecule has 2 heterocycles. The molecular weight excluding hydrogens is 471 g/mol. The van der Waals surface area contributed by atoms with Crippen LogP contribution in [-0.4, -0.2) is 47.7 Å². The van der Waals surface area contributed by atoms with Crippen molar-refractivity contribution in [1.82, 2.24) is 14.9 Å². The number of fused-ring (bicyclic) bond motifs is 1. The van der Waals surface area contributed by atoms with Crippen LogP contribution in [0.25, 0.3) is 11.4 Å². The summed E-state index contributed by atoms with van der Waals surface area (Å²) in [6.45, 7) is 3.14. The van der Waals surface area contributed by atoms with Crippen molar-refractivity contribution in [2.75, 3.05) is 6.26 Å². The first-order valence-corrected chi connectivity index (χ1v) is 12.2. The van der Waals surface area contributed by atoms with Crippen LogP contribution in [-0.2, 0) is 22.9 Å². The molecule has 0 aliphatic carbocycles. The molecule has 1 amide bonds. The zero-order valence-electron chi connectivity index (χ0n) is 18.6. The van der Waals surface area contributed by atoms with E-state index in [-0.39, 0.29) is 29.3 Å². The molecule has 0 radical (unpaired) electrons. The van der Waals surface area contributed by atoms with Gasteiger partial charge in [0.2, 0.25) is 0 Å². The van der Waals surface area contributed by atoms with Crippen LogP contribution in [0.5, 0.6) is 5.75 Å². The Morgan fingerprint density at radius 3 is 2.47 bits per heavy atom. The molecule has 0 saturated carbocycles. The van der Waals surface area contributed by atoms with Gasteiger partial charge >= 0.3 is 6.18 Å². The first-order chi connectivity index (χ1) is 15.8. The van der Waals surface area contributed by atoms with Gasteiger partial charge in [-0.1, -0.05) is 12.1 Å². The third kappa shape index (κ3) is 4.79. The molecule has 7 nitrogen and oxygen atoms in total. The normalized spacial score (nSPS) is 14.7. The molecule has 1 aliphatic rings. The van der Waals surface area contributed by atoms with Gasteiger partial charge in [-0.15, -0.1) is 0 Å². The van der Waals surface area contributed by atoms with Gasteiger partial charge in [0.1, 0.15) is 11.6 Å². The van der Waals surface area contributed by atoms with Crippen molar-refractivity contribution < 1.29 is 31.1 Å². The van der Waals surface area contributed by atoms with Crippen LogP contribution >= 0.6 is 0 Å². The van der Waals surface area contributed by atoms with Gasteiger partial charge in [-0.2, -0.15) is 13.2 Å². The second-order valence-electron chi connectivity index (χ2n) is 8.29. The molecule has 1 aliphatic heterocycles. The fraction of sp³-hybridized carbons (Fsp3) is 0.304. The van der Waals surface area contributed by atoms with Crippen LogP contribution in [0.2, 0.25) is 0 Å². The number of aromatic amines is 1. The molecular formula is C23H22F3N3O4S. The maximum absolute atomic E-state index is 13.4. The molecule has 0 spiro atoms. The van der Waals surface area contributed by atoms with Crippen LogP contribution in [0, 0.1) is 6.92 Å². The Kier molecular flexibility index (Phi) is 5.92.